The van der Waals surface area contributed by atoms with Crippen molar-refractivity contribution < 1.29 is 14.3 Å². The molecule has 206 valence electrons. The third-order valence-corrected chi connectivity index (χ3v) is 7.73. The Bertz CT molecular complexity index is 1620. The van der Waals surface area contributed by atoms with Gasteiger partial charge in [0.05, 0.1) is 48.3 Å². The van der Waals surface area contributed by atoms with Crippen molar-refractivity contribution in [2.24, 2.45) is 11.5 Å². The molecule has 2 aliphatic rings. The Morgan fingerprint density at radius 1 is 1.10 bits per heavy atom. The van der Waals surface area contributed by atoms with Crippen LogP contribution in [-0.2, 0) is 6.54 Å². The van der Waals surface area contributed by atoms with Crippen molar-refractivity contribution in [3.05, 3.63) is 70.5 Å². The van der Waals surface area contributed by atoms with Crippen molar-refractivity contribution in [2.75, 3.05) is 26.7 Å². The number of carbonyl (C=O) groups is 2. The SMILES string of the molecule is COc1ccc(-c2cc(Cl)c3ccc(C(=O)N4CCN(C(=O)c5cn(C6CC6)nn5)[C@H](N)C4)cc3n2)cc1CN. The van der Waals surface area contributed by atoms with Crippen molar-refractivity contribution >= 4 is 34.3 Å². The quantitative estimate of drug-likeness (QED) is 0.366. The van der Waals surface area contributed by atoms with Crippen LogP contribution in [0.15, 0.2) is 48.7 Å². The zero-order valence-electron chi connectivity index (χ0n) is 22.0. The molecule has 12 heteroatoms. The number of amides is 2. The molecule has 1 saturated carbocycles. The van der Waals surface area contributed by atoms with Gasteiger partial charge in [-0.15, -0.1) is 5.10 Å². The number of hydrogen-bond donors (Lipinski definition) is 2. The van der Waals surface area contributed by atoms with Crippen molar-refractivity contribution in [2.45, 2.75) is 31.6 Å². The summed E-state index contributed by atoms with van der Waals surface area (Å²) < 4.78 is 7.11. The summed E-state index contributed by atoms with van der Waals surface area (Å²) in [6.45, 7) is 1.15. The number of benzene rings is 2. The fourth-order valence-electron chi connectivity index (χ4n) is 5.03. The van der Waals surface area contributed by atoms with Gasteiger partial charge in [0, 0.05) is 41.7 Å². The number of nitrogens with zero attached hydrogens (tertiary/aromatic N) is 6. The molecule has 1 saturated heterocycles. The fraction of sp³-hybridized carbons (Fsp3) is 0.321. The Hall–Kier alpha value is -4.06. The molecule has 0 unspecified atom stereocenters. The fourth-order valence-corrected chi connectivity index (χ4v) is 5.30. The first kappa shape index (κ1) is 26.2. The lowest BCUT2D eigenvalue weighted by atomic mass is 10.0. The van der Waals surface area contributed by atoms with Gasteiger partial charge in [0.25, 0.3) is 11.8 Å². The monoisotopic (exact) mass is 560 g/mol. The molecule has 2 aromatic carbocycles. The highest BCUT2D eigenvalue weighted by molar-refractivity contribution is 6.35. The van der Waals surface area contributed by atoms with E-state index < -0.39 is 6.17 Å². The van der Waals surface area contributed by atoms with Gasteiger partial charge >= 0.3 is 0 Å². The maximum Gasteiger partial charge on any atom is 0.277 e. The normalized spacial score (nSPS) is 17.4. The second-order valence-corrected chi connectivity index (χ2v) is 10.5. The maximum atomic E-state index is 13.5. The molecule has 2 amide bonds. The number of ether oxygens (including phenoxy) is 1. The molecule has 2 aromatic heterocycles. The van der Waals surface area contributed by atoms with Gasteiger partial charge in [-0.2, -0.15) is 0 Å². The number of nitrogens with two attached hydrogens (primary N) is 2. The summed E-state index contributed by atoms with van der Waals surface area (Å²) in [7, 11) is 1.60. The predicted octanol–water partition coefficient (Wildman–Crippen LogP) is 2.83. The Kier molecular flexibility index (Phi) is 6.87. The van der Waals surface area contributed by atoms with E-state index in [4.69, 9.17) is 32.8 Å². The molecule has 1 atom stereocenters. The van der Waals surface area contributed by atoms with Crippen LogP contribution in [0.2, 0.25) is 5.02 Å². The van der Waals surface area contributed by atoms with E-state index in [2.05, 4.69) is 10.3 Å². The molecule has 0 radical (unpaired) electrons. The Balaban J connectivity index is 1.20. The number of hydrogen-bond acceptors (Lipinski definition) is 8. The van der Waals surface area contributed by atoms with Crippen LogP contribution < -0.4 is 16.2 Å². The minimum absolute atomic E-state index is 0.192. The second kappa shape index (κ2) is 10.5. The number of piperazine rings is 1. The molecular formula is C28H29ClN8O3. The predicted molar refractivity (Wildman–Crippen MR) is 150 cm³/mol. The van der Waals surface area contributed by atoms with Gasteiger partial charge in [0.15, 0.2) is 5.69 Å². The first-order valence-corrected chi connectivity index (χ1v) is 13.5. The van der Waals surface area contributed by atoms with E-state index in [9.17, 15) is 9.59 Å². The van der Waals surface area contributed by atoms with Gasteiger partial charge in [-0.1, -0.05) is 22.9 Å². The van der Waals surface area contributed by atoms with Crippen molar-refractivity contribution in [1.82, 2.24) is 29.8 Å². The first-order chi connectivity index (χ1) is 19.4. The Labute approximate surface area is 235 Å². The number of methoxy groups -OCH3 is 1. The van der Waals surface area contributed by atoms with Crippen LogP contribution in [0.25, 0.3) is 22.2 Å². The summed E-state index contributed by atoms with van der Waals surface area (Å²) in [5, 5.41) is 9.35. The minimum atomic E-state index is -0.664. The lowest BCUT2D eigenvalue weighted by Gasteiger charge is -2.39. The standard InChI is InChI=1S/C28H29ClN8O3/c1-40-25-7-3-16(10-18(25)13-30)22-12-21(29)20-6-2-17(11-23(20)32-22)27(38)35-8-9-36(26(31)15-35)28(39)24-14-37(34-33-24)19-4-5-19/h2-3,6-7,10-12,14,19,26H,4-5,8-9,13,15,30-31H2,1H3/t26-/m0/s1. The lowest BCUT2D eigenvalue weighted by Crippen LogP contribution is -2.60. The molecule has 0 bridgehead atoms. The van der Waals surface area contributed by atoms with Crippen LogP contribution in [0.4, 0.5) is 0 Å². The lowest BCUT2D eigenvalue weighted by molar-refractivity contribution is 0.0392. The number of rotatable bonds is 6. The highest BCUT2D eigenvalue weighted by Crippen LogP contribution is 2.34. The number of carbonyl (C=O) groups excluding carboxylic acids is 2. The third kappa shape index (κ3) is 4.87. The van der Waals surface area contributed by atoms with Crippen LogP contribution in [0.3, 0.4) is 0 Å². The summed E-state index contributed by atoms with van der Waals surface area (Å²) in [4.78, 5) is 34.5. The van der Waals surface area contributed by atoms with E-state index >= 15 is 0 Å². The number of pyridine rings is 1. The van der Waals surface area contributed by atoms with E-state index in [1.54, 1.807) is 52.1 Å². The summed E-state index contributed by atoms with van der Waals surface area (Å²) in [6, 6.07) is 13.1. The van der Waals surface area contributed by atoms with Crippen LogP contribution in [0, 0.1) is 0 Å². The summed E-state index contributed by atoms with van der Waals surface area (Å²) >= 11 is 6.61. The third-order valence-electron chi connectivity index (χ3n) is 7.42. The maximum absolute atomic E-state index is 13.5. The molecule has 1 aliphatic carbocycles. The minimum Gasteiger partial charge on any atom is -0.496 e. The topological polar surface area (TPSA) is 145 Å². The van der Waals surface area contributed by atoms with Crippen LogP contribution >= 0.6 is 11.6 Å². The van der Waals surface area contributed by atoms with Crippen LogP contribution in [0.5, 0.6) is 5.75 Å². The van der Waals surface area contributed by atoms with Crippen LogP contribution in [0.1, 0.15) is 45.3 Å². The average molecular weight is 561 g/mol. The van der Waals surface area contributed by atoms with Gasteiger partial charge in [-0.25, -0.2) is 9.67 Å². The summed E-state index contributed by atoms with van der Waals surface area (Å²) in [5.41, 5.74) is 15.9. The second-order valence-electron chi connectivity index (χ2n) is 10.1. The van der Waals surface area contributed by atoms with Crippen molar-refractivity contribution in [3.8, 4) is 17.0 Å². The van der Waals surface area contributed by atoms with Gasteiger partial charge < -0.3 is 26.0 Å². The van der Waals surface area contributed by atoms with E-state index in [0.29, 0.717) is 53.2 Å². The summed E-state index contributed by atoms with van der Waals surface area (Å²) in [6.07, 6.45) is 3.11. The first-order valence-electron chi connectivity index (χ1n) is 13.1. The van der Waals surface area contributed by atoms with Crippen molar-refractivity contribution in [1.29, 1.82) is 0 Å². The molecule has 2 fully saturated rings. The zero-order chi connectivity index (χ0) is 28.0. The largest absolute Gasteiger partial charge is 0.496 e. The summed E-state index contributed by atoms with van der Waals surface area (Å²) in [5.74, 6) is 0.234. The number of halogens is 1. The molecule has 11 nitrogen and oxygen atoms in total. The molecule has 4 aromatic rings. The van der Waals surface area contributed by atoms with E-state index in [1.165, 1.54) is 0 Å². The highest BCUT2D eigenvalue weighted by Gasteiger charge is 2.33. The average Bonchev–Trinajstić information content (AvgIpc) is 3.71. The van der Waals surface area contributed by atoms with Crippen molar-refractivity contribution in [3.63, 3.8) is 0 Å². The smallest absolute Gasteiger partial charge is 0.277 e. The van der Waals surface area contributed by atoms with Gasteiger partial charge in [-0.05, 0) is 49.2 Å². The molecule has 4 N–H and O–H groups in total. The van der Waals surface area contributed by atoms with E-state index in [-0.39, 0.29) is 24.1 Å². The van der Waals surface area contributed by atoms with Crippen LogP contribution in [-0.4, -0.2) is 74.5 Å². The molecular weight excluding hydrogens is 532 g/mol. The van der Waals surface area contributed by atoms with Gasteiger partial charge in [0.1, 0.15) is 5.75 Å². The molecule has 40 heavy (non-hydrogen) atoms. The molecule has 1 aliphatic heterocycles. The molecule has 0 spiro atoms. The van der Waals surface area contributed by atoms with Gasteiger partial charge in [0.2, 0.25) is 0 Å². The Morgan fingerprint density at radius 3 is 2.65 bits per heavy atom. The van der Waals surface area contributed by atoms with Gasteiger partial charge in [-0.3, -0.25) is 9.59 Å². The highest BCUT2D eigenvalue weighted by atomic mass is 35.5. The molecule has 6 rings (SSSR count). The molecule has 3 heterocycles. The number of aromatic nitrogens is 4. The van der Waals surface area contributed by atoms with E-state index in [0.717, 1.165) is 29.4 Å². The Morgan fingerprint density at radius 2 is 1.93 bits per heavy atom. The van der Waals surface area contributed by atoms with E-state index in [1.807, 2.05) is 18.2 Å². The number of fused-ring (bicyclic) bond motifs is 1. The zero-order valence-corrected chi connectivity index (χ0v) is 22.7.